The minimum Gasteiger partial charge on any atom is -0.463 e. The summed E-state index contributed by atoms with van der Waals surface area (Å²) in [6.45, 7) is 5.83. The number of amides is 2. The molecule has 0 saturated heterocycles. The lowest BCUT2D eigenvalue weighted by Crippen LogP contribution is -2.31. The average molecular weight is 318 g/mol. The van der Waals surface area contributed by atoms with E-state index in [4.69, 9.17) is 0 Å². The molecule has 0 fully saturated rings. The molecule has 124 valence electrons. The van der Waals surface area contributed by atoms with Crippen molar-refractivity contribution in [3.05, 3.63) is 42.0 Å². The number of nitrogens with one attached hydrogen (secondary N) is 2. The molecule has 1 unspecified atom stereocenters. The van der Waals surface area contributed by atoms with Crippen molar-refractivity contribution in [2.24, 2.45) is 0 Å². The van der Waals surface area contributed by atoms with Crippen LogP contribution >= 0.6 is 0 Å². The van der Waals surface area contributed by atoms with E-state index in [1.165, 1.54) is 0 Å². The van der Waals surface area contributed by atoms with Crippen molar-refractivity contribution in [3.63, 3.8) is 0 Å². The van der Waals surface area contributed by atoms with Gasteiger partial charge in [-0.05, 0) is 38.5 Å². The summed E-state index contributed by atoms with van der Waals surface area (Å²) in [5.41, 5.74) is 0.929. The maximum atomic E-state index is 12.0. The van der Waals surface area contributed by atoms with Crippen molar-refractivity contribution >= 4 is 23.5 Å². The molecule has 0 heterocycles. The fourth-order valence-corrected chi connectivity index (χ4v) is 1.67. The number of carbonyl (C=O) groups is 3. The lowest BCUT2D eigenvalue weighted by molar-refractivity contribution is -0.137. The van der Waals surface area contributed by atoms with E-state index in [0.717, 1.165) is 18.6 Å². The fraction of sp³-hybridized carbons (Fsp3) is 0.353. The smallest absolute Gasteiger partial charge is 0.330 e. The second-order valence-electron chi connectivity index (χ2n) is 4.94. The molecule has 1 aromatic carbocycles. The van der Waals surface area contributed by atoms with Crippen molar-refractivity contribution in [2.45, 2.75) is 33.2 Å². The monoisotopic (exact) mass is 318 g/mol. The predicted molar refractivity (Wildman–Crippen MR) is 88.1 cm³/mol. The van der Waals surface area contributed by atoms with Crippen LogP contribution in [0.3, 0.4) is 0 Å². The summed E-state index contributed by atoms with van der Waals surface area (Å²) in [7, 11) is 0. The Bertz CT molecular complexity index is 596. The summed E-state index contributed by atoms with van der Waals surface area (Å²) >= 11 is 0. The van der Waals surface area contributed by atoms with Crippen LogP contribution in [0.4, 0.5) is 5.69 Å². The largest absolute Gasteiger partial charge is 0.463 e. The molecule has 6 nitrogen and oxygen atoms in total. The quantitative estimate of drug-likeness (QED) is 0.596. The SMILES string of the molecule is CCOC(=O)/C=C/C(=O)Nc1cccc(C(=O)NC(C)CC)c1. The van der Waals surface area contributed by atoms with Crippen LogP contribution in [0, 0.1) is 0 Å². The number of esters is 1. The molecular formula is C17H22N2O4. The summed E-state index contributed by atoms with van der Waals surface area (Å²) in [5, 5.41) is 5.44. The normalized spacial score (nSPS) is 11.8. The first-order valence-electron chi connectivity index (χ1n) is 7.53. The van der Waals surface area contributed by atoms with Crippen LogP contribution in [0.1, 0.15) is 37.6 Å². The van der Waals surface area contributed by atoms with Crippen molar-refractivity contribution < 1.29 is 19.1 Å². The third kappa shape index (κ3) is 6.78. The van der Waals surface area contributed by atoms with E-state index in [-0.39, 0.29) is 18.6 Å². The Kier molecular flexibility index (Phi) is 7.53. The van der Waals surface area contributed by atoms with Gasteiger partial charge in [0.1, 0.15) is 0 Å². The molecule has 0 bridgehead atoms. The molecule has 0 spiro atoms. The number of ether oxygens (including phenoxy) is 1. The molecule has 0 radical (unpaired) electrons. The minimum atomic E-state index is -0.579. The maximum absolute atomic E-state index is 12.0. The average Bonchev–Trinajstić information content (AvgIpc) is 2.53. The van der Waals surface area contributed by atoms with Gasteiger partial charge in [0.15, 0.2) is 0 Å². The van der Waals surface area contributed by atoms with Gasteiger partial charge in [0, 0.05) is 29.4 Å². The molecule has 0 aromatic heterocycles. The van der Waals surface area contributed by atoms with E-state index < -0.39 is 11.9 Å². The van der Waals surface area contributed by atoms with Crippen LogP contribution in [0.5, 0.6) is 0 Å². The van der Waals surface area contributed by atoms with Crippen LogP contribution in [0.2, 0.25) is 0 Å². The lowest BCUT2D eigenvalue weighted by Gasteiger charge is -2.12. The number of hydrogen-bond acceptors (Lipinski definition) is 4. The van der Waals surface area contributed by atoms with Gasteiger partial charge in [-0.25, -0.2) is 4.79 Å². The van der Waals surface area contributed by atoms with Crippen LogP contribution in [0.25, 0.3) is 0 Å². The zero-order valence-electron chi connectivity index (χ0n) is 13.6. The first-order chi connectivity index (χ1) is 11.0. The van der Waals surface area contributed by atoms with E-state index in [1.807, 2.05) is 13.8 Å². The molecule has 2 N–H and O–H groups in total. The highest BCUT2D eigenvalue weighted by atomic mass is 16.5. The zero-order chi connectivity index (χ0) is 17.2. The second kappa shape index (κ2) is 9.40. The number of carbonyl (C=O) groups excluding carboxylic acids is 3. The minimum absolute atomic E-state index is 0.0771. The van der Waals surface area contributed by atoms with Crippen LogP contribution < -0.4 is 10.6 Å². The Balaban J connectivity index is 2.68. The first-order valence-corrected chi connectivity index (χ1v) is 7.53. The summed E-state index contributed by atoms with van der Waals surface area (Å²) < 4.78 is 4.68. The lowest BCUT2D eigenvalue weighted by atomic mass is 10.1. The van der Waals surface area contributed by atoms with Crippen molar-refractivity contribution in [1.82, 2.24) is 5.32 Å². The van der Waals surface area contributed by atoms with Crippen LogP contribution in [0.15, 0.2) is 36.4 Å². The van der Waals surface area contributed by atoms with E-state index in [1.54, 1.807) is 31.2 Å². The molecule has 2 amide bonds. The van der Waals surface area contributed by atoms with Gasteiger partial charge in [-0.15, -0.1) is 0 Å². The number of rotatable bonds is 7. The van der Waals surface area contributed by atoms with Gasteiger partial charge in [0.05, 0.1) is 6.61 Å². The van der Waals surface area contributed by atoms with Gasteiger partial charge < -0.3 is 15.4 Å². The van der Waals surface area contributed by atoms with Gasteiger partial charge in [-0.1, -0.05) is 13.0 Å². The van der Waals surface area contributed by atoms with Gasteiger partial charge >= 0.3 is 5.97 Å². The molecule has 1 atom stereocenters. The summed E-state index contributed by atoms with van der Waals surface area (Å²) in [5.74, 6) is -1.25. The highest BCUT2D eigenvalue weighted by molar-refractivity contribution is 6.03. The molecule has 1 rings (SSSR count). The molecule has 1 aromatic rings. The van der Waals surface area contributed by atoms with Gasteiger partial charge in [0.25, 0.3) is 5.91 Å². The highest BCUT2D eigenvalue weighted by Crippen LogP contribution is 2.11. The molecule has 0 saturated carbocycles. The standard InChI is InChI=1S/C17H22N2O4/c1-4-12(3)18-17(22)13-7-6-8-14(11-13)19-15(20)9-10-16(21)23-5-2/h6-12H,4-5H2,1-3H3,(H,18,22)(H,19,20)/b10-9+. The van der Waals surface area contributed by atoms with Crippen LogP contribution in [-0.2, 0) is 14.3 Å². The van der Waals surface area contributed by atoms with E-state index >= 15 is 0 Å². The molecule has 0 aliphatic rings. The Labute approximate surface area is 135 Å². The van der Waals surface area contributed by atoms with Gasteiger partial charge in [0.2, 0.25) is 5.91 Å². The molecule has 0 aliphatic carbocycles. The Morgan fingerprint density at radius 1 is 1.22 bits per heavy atom. The summed E-state index contributed by atoms with van der Waals surface area (Å²) in [4.78, 5) is 34.9. The number of benzene rings is 1. The van der Waals surface area contributed by atoms with E-state index in [0.29, 0.717) is 11.3 Å². The second-order valence-corrected chi connectivity index (χ2v) is 4.94. The molecule has 23 heavy (non-hydrogen) atoms. The Morgan fingerprint density at radius 3 is 2.61 bits per heavy atom. The Hall–Kier alpha value is -2.63. The van der Waals surface area contributed by atoms with Crippen LogP contribution in [-0.4, -0.2) is 30.4 Å². The van der Waals surface area contributed by atoms with Crippen molar-refractivity contribution in [3.8, 4) is 0 Å². The highest BCUT2D eigenvalue weighted by Gasteiger charge is 2.09. The maximum Gasteiger partial charge on any atom is 0.330 e. The predicted octanol–water partition coefficient (Wildman–Crippen LogP) is 2.27. The number of anilines is 1. The van der Waals surface area contributed by atoms with E-state index in [9.17, 15) is 14.4 Å². The third-order valence-corrected chi connectivity index (χ3v) is 3.04. The first kappa shape index (κ1) is 18.4. The topological polar surface area (TPSA) is 84.5 Å². The zero-order valence-corrected chi connectivity index (χ0v) is 13.6. The summed E-state index contributed by atoms with van der Waals surface area (Å²) in [6.07, 6.45) is 2.98. The fourth-order valence-electron chi connectivity index (χ4n) is 1.67. The molecule has 6 heteroatoms. The molecular weight excluding hydrogens is 296 g/mol. The third-order valence-electron chi connectivity index (χ3n) is 3.04. The van der Waals surface area contributed by atoms with Crippen molar-refractivity contribution in [1.29, 1.82) is 0 Å². The Morgan fingerprint density at radius 2 is 1.96 bits per heavy atom. The summed E-state index contributed by atoms with van der Waals surface area (Å²) in [6, 6.07) is 6.66. The van der Waals surface area contributed by atoms with Crippen molar-refractivity contribution in [2.75, 3.05) is 11.9 Å². The number of hydrogen-bond donors (Lipinski definition) is 2. The van der Waals surface area contributed by atoms with E-state index in [2.05, 4.69) is 15.4 Å². The molecule has 0 aliphatic heterocycles. The van der Waals surface area contributed by atoms with Gasteiger partial charge in [-0.3, -0.25) is 9.59 Å². The van der Waals surface area contributed by atoms with Gasteiger partial charge in [-0.2, -0.15) is 0 Å².